The molecule has 1 fully saturated rings. The molecule has 0 bridgehead atoms. The Morgan fingerprint density at radius 1 is 1.43 bits per heavy atom. The predicted molar refractivity (Wildman–Crippen MR) is 86.3 cm³/mol. The monoisotopic (exact) mass is 318 g/mol. The molecule has 0 radical (unpaired) electrons. The summed E-state index contributed by atoms with van der Waals surface area (Å²) in [6.45, 7) is 4.51. The maximum Gasteiger partial charge on any atom is 0.260 e. The van der Waals surface area contributed by atoms with Crippen molar-refractivity contribution in [3.63, 3.8) is 0 Å². The Morgan fingerprint density at radius 3 is 2.83 bits per heavy atom. The Hall–Kier alpha value is -2.50. The third kappa shape index (κ3) is 4.25. The molecule has 1 aliphatic heterocycles. The molecule has 1 aromatic carbocycles. The average Bonchev–Trinajstić information content (AvgIpc) is 3.03. The Balaban J connectivity index is 1.94. The molecule has 2 N–H and O–H groups in total. The van der Waals surface area contributed by atoms with Crippen LogP contribution >= 0.6 is 0 Å². The Morgan fingerprint density at radius 2 is 2.22 bits per heavy atom. The number of nitrogens with two attached hydrogens (primary N) is 1. The maximum atomic E-state index is 12.2. The molecule has 2 amide bonds. The summed E-state index contributed by atoms with van der Waals surface area (Å²) in [5, 5.41) is 0. The first-order chi connectivity index (χ1) is 11.0. The Bertz CT molecular complexity index is 600. The molecular weight excluding hydrogens is 296 g/mol. The third-order valence-electron chi connectivity index (χ3n) is 3.90. The van der Waals surface area contributed by atoms with Crippen molar-refractivity contribution >= 4 is 11.8 Å². The first kappa shape index (κ1) is 16.9. The number of allylic oxidation sites excluding steroid dienone is 1. The molecule has 0 unspecified atom stereocenters. The molecule has 2 rings (SSSR count). The van der Waals surface area contributed by atoms with Crippen LogP contribution < -0.4 is 15.2 Å². The van der Waals surface area contributed by atoms with Crippen LogP contribution in [0.3, 0.4) is 0 Å². The van der Waals surface area contributed by atoms with Gasteiger partial charge in [0.15, 0.2) is 18.1 Å². The average molecular weight is 318 g/mol. The lowest BCUT2D eigenvalue weighted by atomic mass is 10.1. The van der Waals surface area contributed by atoms with Crippen LogP contribution in [0.15, 0.2) is 30.9 Å². The highest BCUT2D eigenvalue weighted by atomic mass is 16.5. The van der Waals surface area contributed by atoms with E-state index in [0.29, 0.717) is 31.0 Å². The van der Waals surface area contributed by atoms with Crippen molar-refractivity contribution in [2.24, 2.45) is 11.7 Å². The van der Waals surface area contributed by atoms with E-state index in [2.05, 4.69) is 6.58 Å². The van der Waals surface area contributed by atoms with E-state index in [9.17, 15) is 9.59 Å². The van der Waals surface area contributed by atoms with Gasteiger partial charge in [-0.25, -0.2) is 0 Å². The van der Waals surface area contributed by atoms with Crippen molar-refractivity contribution in [2.75, 3.05) is 26.8 Å². The summed E-state index contributed by atoms with van der Waals surface area (Å²) in [7, 11) is 1.56. The molecular formula is C17H22N2O4. The number of carbonyl (C=O) groups is 2. The SMILES string of the molecule is C=CCc1ccc(OCC(=O)N2CC[C@@H](C(N)=O)C2)c(OC)c1. The molecule has 1 aromatic rings. The zero-order chi connectivity index (χ0) is 16.8. The number of rotatable bonds is 7. The standard InChI is InChI=1S/C17H22N2O4/c1-3-4-12-5-6-14(15(9-12)22-2)23-11-16(20)19-8-7-13(10-19)17(18)21/h3,5-6,9,13H,1,4,7-8,10-11H2,2H3,(H2,18,21)/t13-/m1/s1. The Labute approximate surface area is 135 Å². The molecule has 124 valence electrons. The highest BCUT2D eigenvalue weighted by Gasteiger charge is 2.29. The van der Waals surface area contributed by atoms with Crippen LogP contribution in [-0.4, -0.2) is 43.5 Å². The van der Waals surface area contributed by atoms with Gasteiger partial charge >= 0.3 is 0 Å². The predicted octanol–water partition coefficient (Wildman–Crippen LogP) is 1.14. The van der Waals surface area contributed by atoms with Gasteiger partial charge in [-0.3, -0.25) is 9.59 Å². The minimum Gasteiger partial charge on any atom is -0.493 e. The van der Waals surface area contributed by atoms with E-state index in [0.717, 1.165) is 12.0 Å². The number of ether oxygens (including phenoxy) is 2. The van der Waals surface area contributed by atoms with Crippen LogP contribution in [0.25, 0.3) is 0 Å². The lowest BCUT2D eigenvalue weighted by Crippen LogP contribution is -2.34. The second-order valence-electron chi connectivity index (χ2n) is 5.49. The first-order valence-corrected chi connectivity index (χ1v) is 7.52. The summed E-state index contributed by atoms with van der Waals surface area (Å²) < 4.78 is 10.9. The molecule has 0 aromatic heterocycles. The van der Waals surface area contributed by atoms with Crippen molar-refractivity contribution in [3.05, 3.63) is 36.4 Å². The van der Waals surface area contributed by atoms with Crippen molar-refractivity contribution in [1.82, 2.24) is 4.90 Å². The fourth-order valence-corrected chi connectivity index (χ4v) is 2.57. The van der Waals surface area contributed by atoms with Gasteiger partial charge in [0.2, 0.25) is 5.91 Å². The van der Waals surface area contributed by atoms with Crippen molar-refractivity contribution in [1.29, 1.82) is 0 Å². The van der Waals surface area contributed by atoms with Crippen LogP contribution in [0, 0.1) is 5.92 Å². The molecule has 1 aliphatic rings. The van der Waals surface area contributed by atoms with E-state index in [-0.39, 0.29) is 24.3 Å². The number of amides is 2. The lowest BCUT2D eigenvalue weighted by molar-refractivity contribution is -0.132. The van der Waals surface area contributed by atoms with Crippen LogP contribution in [-0.2, 0) is 16.0 Å². The van der Waals surface area contributed by atoms with E-state index in [1.54, 1.807) is 24.2 Å². The third-order valence-corrected chi connectivity index (χ3v) is 3.90. The summed E-state index contributed by atoms with van der Waals surface area (Å²) in [6.07, 6.45) is 3.15. The van der Waals surface area contributed by atoms with Gasteiger partial charge in [-0.15, -0.1) is 6.58 Å². The number of methoxy groups -OCH3 is 1. The molecule has 6 nitrogen and oxygen atoms in total. The van der Waals surface area contributed by atoms with Gasteiger partial charge in [0, 0.05) is 13.1 Å². The zero-order valence-corrected chi connectivity index (χ0v) is 13.3. The topological polar surface area (TPSA) is 81.9 Å². The van der Waals surface area contributed by atoms with Gasteiger partial charge in [0.05, 0.1) is 13.0 Å². The summed E-state index contributed by atoms with van der Waals surface area (Å²) in [5.74, 6) is 0.311. The number of hydrogen-bond acceptors (Lipinski definition) is 4. The molecule has 1 atom stereocenters. The molecule has 0 saturated carbocycles. The van der Waals surface area contributed by atoms with Crippen molar-refractivity contribution in [3.8, 4) is 11.5 Å². The van der Waals surface area contributed by atoms with E-state index in [1.807, 2.05) is 12.1 Å². The zero-order valence-electron chi connectivity index (χ0n) is 13.3. The first-order valence-electron chi connectivity index (χ1n) is 7.52. The summed E-state index contributed by atoms with van der Waals surface area (Å²) in [4.78, 5) is 24.9. The minimum atomic E-state index is -0.360. The summed E-state index contributed by atoms with van der Waals surface area (Å²) in [6, 6.07) is 5.55. The fourth-order valence-electron chi connectivity index (χ4n) is 2.57. The van der Waals surface area contributed by atoms with Gasteiger partial charge in [-0.05, 0) is 30.5 Å². The summed E-state index contributed by atoms with van der Waals surface area (Å²) in [5.41, 5.74) is 6.33. The molecule has 23 heavy (non-hydrogen) atoms. The van der Waals surface area contributed by atoms with E-state index in [1.165, 1.54) is 0 Å². The highest BCUT2D eigenvalue weighted by Crippen LogP contribution is 2.28. The van der Waals surface area contributed by atoms with Crippen LogP contribution in [0.1, 0.15) is 12.0 Å². The molecule has 1 heterocycles. The second-order valence-corrected chi connectivity index (χ2v) is 5.49. The second kappa shape index (κ2) is 7.67. The molecule has 1 saturated heterocycles. The van der Waals surface area contributed by atoms with Crippen LogP contribution in [0.2, 0.25) is 0 Å². The van der Waals surface area contributed by atoms with Gasteiger partial charge in [0.25, 0.3) is 5.91 Å². The number of likely N-dealkylation sites (tertiary alicyclic amines) is 1. The van der Waals surface area contributed by atoms with Gasteiger partial charge in [-0.1, -0.05) is 12.1 Å². The van der Waals surface area contributed by atoms with Gasteiger partial charge in [0.1, 0.15) is 0 Å². The van der Waals surface area contributed by atoms with E-state index < -0.39 is 0 Å². The number of hydrogen-bond donors (Lipinski definition) is 1. The van der Waals surface area contributed by atoms with Crippen molar-refractivity contribution < 1.29 is 19.1 Å². The molecule has 0 spiro atoms. The number of primary amides is 1. The minimum absolute atomic E-state index is 0.0946. The van der Waals surface area contributed by atoms with E-state index in [4.69, 9.17) is 15.2 Å². The van der Waals surface area contributed by atoms with Gasteiger partial charge < -0.3 is 20.1 Å². The molecule has 0 aliphatic carbocycles. The smallest absolute Gasteiger partial charge is 0.260 e. The quantitative estimate of drug-likeness (QED) is 0.764. The number of carbonyl (C=O) groups excluding carboxylic acids is 2. The van der Waals surface area contributed by atoms with Crippen LogP contribution in [0.5, 0.6) is 11.5 Å². The lowest BCUT2D eigenvalue weighted by Gasteiger charge is -2.17. The number of benzene rings is 1. The maximum absolute atomic E-state index is 12.2. The fraction of sp³-hybridized carbons (Fsp3) is 0.412. The largest absolute Gasteiger partial charge is 0.493 e. The van der Waals surface area contributed by atoms with Gasteiger partial charge in [-0.2, -0.15) is 0 Å². The van der Waals surface area contributed by atoms with E-state index >= 15 is 0 Å². The molecule has 6 heteroatoms. The number of nitrogens with zero attached hydrogens (tertiary/aromatic N) is 1. The summed E-state index contributed by atoms with van der Waals surface area (Å²) >= 11 is 0. The highest BCUT2D eigenvalue weighted by molar-refractivity contribution is 5.81. The van der Waals surface area contributed by atoms with Crippen LogP contribution in [0.4, 0.5) is 0 Å². The Kier molecular flexibility index (Phi) is 5.62. The normalized spacial score (nSPS) is 16.9. The van der Waals surface area contributed by atoms with Crippen molar-refractivity contribution in [2.45, 2.75) is 12.8 Å².